The quantitative estimate of drug-likeness (QED) is 0.188. The van der Waals surface area contributed by atoms with Crippen LogP contribution in [-0.2, 0) is 9.53 Å². The minimum Gasteiger partial charge on any atom is -0.379 e. The van der Waals surface area contributed by atoms with E-state index in [0.29, 0.717) is 13.2 Å². The Labute approximate surface area is 264 Å². The van der Waals surface area contributed by atoms with Crippen LogP contribution in [0.25, 0.3) is 0 Å². The zero-order valence-electron chi connectivity index (χ0n) is 30.5. The summed E-state index contributed by atoms with van der Waals surface area (Å²) in [4.78, 5) is 17.1. The van der Waals surface area contributed by atoms with Gasteiger partial charge in [-0.15, -0.1) is 6.58 Å². The summed E-state index contributed by atoms with van der Waals surface area (Å²) in [6, 6.07) is 0. The van der Waals surface area contributed by atoms with Crippen LogP contribution < -0.4 is 0 Å². The molecule has 1 saturated heterocycles. The van der Waals surface area contributed by atoms with Crippen molar-refractivity contribution in [3.63, 3.8) is 0 Å². The Bertz CT molecular complexity index is 795. The van der Waals surface area contributed by atoms with Crippen LogP contribution in [0.4, 0.5) is 0 Å². The van der Waals surface area contributed by atoms with Gasteiger partial charge in [-0.3, -0.25) is 9.69 Å². The molecule has 1 unspecified atom stereocenters. The number of unbranched alkanes of at least 4 members (excludes halogenated alkanes) is 1. The minimum atomic E-state index is -0.486. The molecule has 0 radical (unpaired) electrons. The van der Waals surface area contributed by atoms with Crippen molar-refractivity contribution in [1.82, 2.24) is 9.80 Å². The smallest absolute Gasteiger partial charge is 0.175 e. The van der Waals surface area contributed by atoms with E-state index in [1.807, 2.05) is 79.7 Å². The predicted molar refractivity (Wildman–Crippen MR) is 190 cm³/mol. The number of rotatable bonds is 10. The van der Waals surface area contributed by atoms with Crippen LogP contribution in [0.3, 0.4) is 0 Å². The summed E-state index contributed by atoms with van der Waals surface area (Å²) in [5.74, 6) is 0.158. The molecule has 1 heterocycles. The first-order valence-corrected chi connectivity index (χ1v) is 16.8. The Kier molecular flexibility index (Phi) is 28.6. The molecular formula is C38H72N2O2. The van der Waals surface area contributed by atoms with Gasteiger partial charge in [-0.1, -0.05) is 115 Å². The van der Waals surface area contributed by atoms with E-state index in [1.54, 1.807) is 6.08 Å². The third-order valence-corrected chi connectivity index (χ3v) is 7.40. The maximum absolute atomic E-state index is 12.9. The summed E-state index contributed by atoms with van der Waals surface area (Å²) in [5, 5.41) is 0. The molecule has 4 heteroatoms. The van der Waals surface area contributed by atoms with E-state index in [1.165, 1.54) is 48.8 Å². The van der Waals surface area contributed by atoms with Crippen LogP contribution in [0.1, 0.15) is 121 Å². The fourth-order valence-corrected chi connectivity index (χ4v) is 5.10. The summed E-state index contributed by atoms with van der Waals surface area (Å²) in [6.45, 7) is 31.9. The highest BCUT2D eigenvalue weighted by Crippen LogP contribution is 2.52. The fourth-order valence-electron chi connectivity index (χ4n) is 5.10. The lowest BCUT2D eigenvalue weighted by Crippen LogP contribution is -2.53. The monoisotopic (exact) mass is 589 g/mol. The summed E-state index contributed by atoms with van der Waals surface area (Å²) in [5.41, 5.74) is 3.93. The number of carbonyl (C=O) groups is 1. The van der Waals surface area contributed by atoms with Crippen LogP contribution in [-0.4, -0.2) is 68.6 Å². The van der Waals surface area contributed by atoms with Crippen LogP contribution in [0.2, 0.25) is 0 Å². The lowest BCUT2D eigenvalue weighted by molar-refractivity contribution is -0.127. The van der Waals surface area contributed by atoms with Crippen LogP contribution in [0, 0.1) is 5.41 Å². The molecule has 2 fully saturated rings. The number of nitrogens with zero attached hydrogens (tertiary/aromatic N) is 2. The topological polar surface area (TPSA) is 32.8 Å². The molecule has 0 bridgehead atoms. The molecule has 0 N–H and O–H groups in total. The lowest BCUT2D eigenvalue weighted by Gasteiger charge is -2.43. The average Bonchev–Trinajstić information content (AvgIpc) is 2.99. The van der Waals surface area contributed by atoms with Crippen molar-refractivity contribution in [2.75, 3.05) is 47.4 Å². The van der Waals surface area contributed by atoms with E-state index in [-0.39, 0.29) is 11.2 Å². The van der Waals surface area contributed by atoms with Crippen LogP contribution >= 0.6 is 0 Å². The molecule has 1 aliphatic heterocycles. The maximum Gasteiger partial charge on any atom is 0.175 e. The van der Waals surface area contributed by atoms with Gasteiger partial charge >= 0.3 is 0 Å². The fraction of sp³-hybridized carbons (Fsp3) is 0.711. The SMILES string of the molecule is C=C1C/C(=C\C=C\C(=O)C(C)(C)N2CCOCC2)C/C(=C\C)C1(CCC)CCCC.C=CCC.CC.CC.CN(C)C. The highest BCUT2D eigenvalue weighted by Gasteiger charge is 2.38. The number of ketones is 1. The van der Waals surface area contributed by atoms with E-state index >= 15 is 0 Å². The number of morpholine rings is 1. The molecule has 42 heavy (non-hydrogen) atoms. The van der Waals surface area contributed by atoms with E-state index < -0.39 is 5.54 Å². The van der Waals surface area contributed by atoms with Crippen LogP contribution in [0.15, 0.2) is 60.3 Å². The third kappa shape index (κ3) is 16.8. The molecular weight excluding hydrogens is 516 g/mol. The first-order chi connectivity index (χ1) is 20.0. The second-order valence-electron chi connectivity index (χ2n) is 11.5. The first-order valence-electron chi connectivity index (χ1n) is 16.8. The Morgan fingerprint density at radius 1 is 1.00 bits per heavy atom. The summed E-state index contributed by atoms with van der Waals surface area (Å²) < 4.78 is 5.43. The van der Waals surface area contributed by atoms with Gasteiger partial charge in [0.2, 0.25) is 0 Å². The number of ether oxygens (including phenoxy) is 1. The Morgan fingerprint density at radius 2 is 1.52 bits per heavy atom. The number of hydrogen-bond donors (Lipinski definition) is 0. The second kappa shape index (κ2) is 26.8. The molecule has 246 valence electrons. The van der Waals surface area contributed by atoms with Gasteiger partial charge in [0, 0.05) is 18.5 Å². The van der Waals surface area contributed by atoms with E-state index in [0.717, 1.165) is 32.4 Å². The molecule has 0 spiro atoms. The van der Waals surface area contributed by atoms with Crippen molar-refractivity contribution in [1.29, 1.82) is 0 Å². The van der Waals surface area contributed by atoms with Gasteiger partial charge in [0.05, 0.1) is 18.8 Å². The summed E-state index contributed by atoms with van der Waals surface area (Å²) >= 11 is 0. The first kappa shape index (κ1) is 44.7. The molecule has 4 nitrogen and oxygen atoms in total. The van der Waals surface area contributed by atoms with Gasteiger partial charge in [-0.05, 0) is 80.1 Å². The normalized spacial score (nSPS) is 20.9. The van der Waals surface area contributed by atoms with Gasteiger partial charge < -0.3 is 9.64 Å². The standard InChI is InChI=1S/C27H43NO2.C4H8.C3H9N.2C2H6/c1-7-10-15-27(14-8-2)22(4)20-23(21-24(27)9-3)12-11-13-25(29)26(5,6)28-16-18-30-19-17-28;1-3-4-2;1-4(2)3;2*1-2/h9,11-13H,4,7-8,10,14-21H2,1-3,5-6H3;3H,1,4H2,2H3;1-3H3;2*1-2H3/b13-11+,23-12+,24-9+;;;;. The molecule has 1 atom stereocenters. The molecule has 0 aromatic carbocycles. The van der Waals surface area contributed by atoms with E-state index in [4.69, 9.17) is 4.74 Å². The number of allylic oxidation sites excluding steroid dienone is 7. The zero-order valence-corrected chi connectivity index (χ0v) is 30.5. The molecule has 2 rings (SSSR count). The maximum atomic E-state index is 12.9. The lowest BCUT2D eigenvalue weighted by atomic mass is 9.61. The largest absolute Gasteiger partial charge is 0.379 e. The third-order valence-electron chi connectivity index (χ3n) is 7.40. The predicted octanol–water partition coefficient (Wildman–Crippen LogP) is 10.2. The van der Waals surface area contributed by atoms with Gasteiger partial charge in [0.25, 0.3) is 0 Å². The van der Waals surface area contributed by atoms with Crippen molar-refractivity contribution in [2.24, 2.45) is 5.41 Å². The van der Waals surface area contributed by atoms with Crippen molar-refractivity contribution in [3.8, 4) is 0 Å². The Morgan fingerprint density at radius 3 is 1.95 bits per heavy atom. The Balaban J connectivity index is -0.00000109. The average molecular weight is 589 g/mol. The molecule has 0 amide bonds. The van der Waals surface area contributed by atoms with Gasteiger partial charge in [0.15, 0.2) is 5.78 Å². The number of carbonyl (C=O) groups excluding carboxylic acids is 1. The van der Waals surface area contributed by atoms with E-state index in [9.17, 15) is 4.79 Å². The highest BCUT2D eigenvalue weighted by atomic mass is 16.5. The zero-order chi connectivity index (χ0) is 33.2. The highest BCUT2D eigenvalue weighted by molar-refractivity contribution is 5.97. The minimum absolute atomic E-state index is 0.158. The van der Waals surface area contributed by atoms with Gasteiger partial charge in [-0.2, -0.15) is 0 Å². The molecule has 0 aromatic heterocycles. The Hall–Kier alpha value is -1.75. The van der Waals surface area contributed by atoms with Gasteiger partial charge in [0.1, 0.15) is 0 Å². The molecule has 1 aliphatic carbocycles. The van der Waals surface area contributed by atoms with Crippen molar-refractivity contribution in [2.45, 2.75) is 126 Å². The van der Waals surface area contributed by atoms with Crippen molar-refractivity contribution < 1.29 is 9.53 Å². The van der Waals surface area contributed by atoms with Crippen LogP contribution in [0.5, 0.6) is 0 Å². The van der Waals surface area contributed by atoms with Crippen molar-refractivity contribution in [3.05, 3.63) is 60.3 Å². The molecule has 0 aromatic rings. The van der Waals surface area contributed by atoms with Gasteiger partial charge in [-0.25, -0.2) is 0 Å². The van der Waals surface area contributed by atoms with Crippen molar-refractivity contribution >= 4 is 5.78 Å². The summed E-state index contributed by atoms with van der Waals surface area (Å²) in [6.07, 6.45) is 19.2. The number of hydrogen-bond acceptors (Lipinski definition) is 4. The van der Waals surface area contributed by atoms with E-state index in [2.05, 4.69) is 57.9 Å². The second-order valence-corrected chi connectivity index (χ2v) is 11.5. The summed E-state index contributed by atoms with van der Waals surface area (Å²) in [7, 11) is 6.00. The molecule has 1 saturated carbocycles. The molecule has 2 aliphatic rings.